The summed E-state index contributed by atoms with van der Waals surface area (Å²) in [6.07, 6.45) is 3.24. The third-order valence-corrected chi connectivity index (χ3v) is 3.72. The predicted molar refractivity (Wildman–Crippen MR) is 81.0 cm³/mol. The Morgan fingerprint density at radius 3 is 2.90 bits per heavy atom. The zero-order valence-corrected chi connectivity index (χ0v) is 12.9. The van der Waals surface area contributed by atoms with Crippen LogP contribution < -0.4 is 10.1 Å². The first-order valence-corrected chi connectivity index (χ1v) is 7.59. The molecule has 0 radical (unpaired) electrons. The van der Waals surface area contributed by atoms with E-state index in [2.05, 4.69) is 36.3 Å². The highest BCUT2D eigenvalue weighted by atomic mass is 32.2. The molecule has 0 fully saturated rings. The van der Waals surface area contributed by atoms with Crippen LogP contribution in [0.2, 0.25) is 0 Å². The highest BCUT2D eigenvalue weighted by Gasteiger charge is 2.07. The van der Waals surface area contributed by atoms with E-state index in [0.717, 1.165) is 23.6 Å². The number of benzene rings is 1. The number of ether oxygens (including phenoxy) is 1. The summed E-state index contributed by atoms with van der Waals surface area (Å²) >= 11 is 1.56. The molecule has 2 rings (SSSR count). The lowest BCUT2D eigenvalue weighted by molar-refractivity contribution is 0.411. The van der Waals surface area contributed by atoms with Gasteiger partial charge in [-0.15, -0.1) is 0 Å². The number of oxazole rings is 1. The zero-order chi connectivity index (χ0) is 14.4. The second-order valence-electron chi connectivity index (χ2n) is 4.77. The van der Waals surface area contributed by atoms with Crippen LogP contribution in [0.15, 0.2) is 40.3 Å². The zero-order valence-electron chi connectivity index (χ0n) is 12.1. The average Bonchev–Trinajstić information content (AvgIpc) is 2.96. The molecule has 1 heterocycles. The van der Waals surface area contributed by atoms with Gasteiger partial charge in [-0.25, -0.2) is 4.98 Å². The van der Waals surface area contributed by atoms with Crippen LogP contribution in [-0.4, -0.2) is 18.1 Å². The molecule has 0 bridgehead atoms. The van der Waals surface area contributed by atoms with E-state index in [1.807, 2.05) is 6.07 Å². The van der Waals surface area contributed by atoms with Gasteiger partial charge in [0.25, 0.3) is 5.22 Å². The summed E-state index contributed by atoms with van der Waals surface area (Å²) in [5.74, 6) is 1.68. The second-order valence-corrected chi connectivity index (χ2v) is 5.70. The summed E-state index contributed by atoms with van der Waals surface area (Å²) in [7, 11) is 1.70. The van der Waals surface area contributed by atoms with Gasteiger partial charge in [0.1, 0.15) is 12.0 Å². The minimum Gasteiger partial charge on any atom is -0.496 e. The SMILES string of the molecule is COc1ccc(CNC(C)C)cc1CSc1ncco1. The quantitative estimate of drug-likeness (QED) is 0.792. The summed E-state index contributed by atoms with van der Waals surface area (Å²) in [6.45, 7) is 5.14. The molecule has 108 valence electrons. The maximum absolute atomic E-state index is 5.41. The van der Waals surface area contributed by atoms with Gasteiger partial charge in [0.05, 0.1) is 13.3 Å². The molecule has 1 aromatic carbocycles. The Labute approximate surface area is 123 Å². The van der Waals surface area contributed by atoms with Crippen molar-refractivity contribution >= 4 is 11.8 Å². The fourth-order valence-corrected chi connectivity index (χ4v) is 2.56. The van der Waals surface area contributed by atoms with Gasteiger partial charge in [0.2, 0.25) is 0 Å². The van der Waals surface area contributed by atoms with E-state index >= 15 is 0 Å². The first kappa shape index (κ1) is 14.9. The number of hydrogen-bond donors (Lipinski definition) is 1. The number of nitrogens with one attached hydrogen (secondary N) is 1. The smallest absolute Gasteiger partial charge is 0.255 e. The number of rotatable bonds is 7. The van der Waals surface area contributed by atoms with Crippen LogP contribution in [0.5, 0.6) is 5.75 Å². The highest BCUT2D eigenvalue weighted by molar-refractivity contribution is 7.98. The molecule has 1 N–H and O–H groups in total. The van der Waals surface area contributed by atoms with Crippen molar-refractivity contribution < 1.29 is 9.15 Å². The van der Waals surface area contributed by atoms with Gasteiger partial charge in [-0.1, -0.05) is 31.7 Å². The summed E-state index contributed by atoms with van der Waals surface area (Å²) in [4.78, 5) is 4.11. The number of aromatic nitrogens is 1. The molecule has 0 aliphatic heterocycles. The van der Waals surface area contributed by atoms with Crippen molar-refractivity contribution in [3.05, 3.63) is 41.8 Å². The highest BCUT2D eigenvalue weighted by Crippen LogP contribution is 2.28. The number of nitrogens with zero attached hydrogens (tertiary/aromatic N) is 1. The molecule has 20 heavy (non-hydrogen) atoms. The van der Waals surface area contributed by atoms with Gasteiger partial charge in [0.15, 0.2) is 0 Å². The van der Waals surface area contributed by atoms with Crippen molar-refractivity contribution in [2.24, 2.45) is 0 Å². The van der Waals surface area contributed by atoms with E-state index < -0.39 is 0 Å². The monoisotopic (exact) mass is 292 g/mol. The molecule has 0 aliphatic rings. The third kappa shape index (κ3) is 4.28. The van der Waals surface area contributed by atoms with Gasteiger partial charge in [0, 0.05) is 23.9 Å². The lowest BCUT2D eigenvalue weighted by atomic mass is 10.1. The predicted octanol–water partition coefficient (Wildman–Crippen LogP) is 3.47. The van der Waals surface area contributed by atoms with E-state index in [-0.39, 0.29) is 0 Å². The van der Waals surface area contributed by atoms with E-state index in [1.165, 1.54) is 5.56 Å². The maximum atomic E-state index is 5.41. The van der Waals surface area contributed by atoms with E-state index in [0.29, 0.717) is 11.3 Å². The fourth-order valence-electron chi connectivity index (χ4n) is 1.80. The Kier molecular flexibility index (Phi) is 5.49. The minimum atomic E-state index is 0.474. The Morgan fingerprint density at radius 1 is 1.40 bits per heavy atom. The Hall–Kier alpha value is -1.46. The topological polar surface area (TPSA) is 47.3 Å². The van der Waals surface area contributed by atoms with Crippen molar-refractivity contribution in [2.45, 2.75) is 37.4 Å². The number of thioether (sulfide) groups is 1. The van der Waals surface area contributed by atoms with Crippen LogP contribution in [0, 0.1) is 0 Å². The molecule has 0 saturated carbocycles. The molecule has 1 aromatic heterocycles. The van der Waals surface area contributed by atoms with E-state index in [1.54, 1.807) is 31.3 Å². The summed E-state index contributed by atoms with van der Waals surface area (Å²) in [5, 5.41) is 4.10. The van der Waals surface area contributed by atoms with Gasteiger partial charge in [-0.05, 0) is 17.7 Å². The molecule has 0 atom stereocenters. The van der Waals surface area contributed by atoms with Crippen LogP contribution in [-0.2, 0) is 12.3 Å². The molecule has 0 saturated heterocycles. The van der Waals surface area contributed by atoms with E-state index in [9.17, 15) is 0 Å². The molecular weight excluding hydrogens is 272 g/mol. The lowest BCUT2D eigenvalue weighted by Gasteiger charge is -2.12. The second kappa shape index (κ2) is 7.36. The van der Waals surface area contributed by atoms with Crippen molar-refractivity contribution in [1.29, 1.82) is 0 Å². The van der Waals surface area contributed by atoms with Crippen LogP contribution in [0.3, 0.4) is 0 Å². The van der Waals surface area contributed by atoms with Crippen LogP contribution in [0.1, 0.15) is 25.0 Å². The summed E-state index contributed by atoms with van der Waals surface area (Å²) in [6, 6.07) is 6.75. The van der Waals surface area contributed by atoms with Gasteiger partial charge >= 0.3 is 0 Å². The van der Waals surface area contributed by atoms with Crippen LogP contribution in [0.25, 0.3) is 0 Å². The van der Waals surface area contributed by atoms with E-state index in [4.69, 9.17) is 9.15 Å². The molecule has 5 heteroatoms. The third-order valence-electron chi connectivity index (χ3n) is 2.82. The Morgan fingerprint density at radius 2 is 2.25 bits per heavy atom. The molecule has 0 amide bonds. The van der Waals surface area contributed by atoms with Crippen LogP contribution >= 0.6 is 11.8 Å². The molecule has 4 nitrogen and oxygen atoms in total. The molecule has 0 unspecified atom stereocenters. The molecular formula is C15H20N2O2S. The molecule has 0 spiro atoms. The van der Waals surface area contributed by atoms with Crippen molar-refractivity contribution in [3.63, 3.8) is 0 Å². The summed E-state index contributed by atoms with van der Waals surface area (Å²) in [5.41, 5.74) is 2.40. The fraction of sp³-hybridized carbons (Fsp3) is 0.400. The largest absolute Gasteiger partial charge is 0.496 e. The Bertz CT molecular complexity index is 527. The Balaban J connectivity index is 2.05. The van der Waals surface area contributed by atoms with Crippen molar-refractivity contribution in [2.75, 3.05) is 7.11 Å². The minimum absolute atomic E-state index is 0.474. The van der Waals surface area contributed by atoms with Gasteiger partial charge in [-0.3, -0.25) is 0 Å². The van der Waals surface area contributed by atoms with Gasteiger partial charge < -0.3 is 14.5 Å². The molecule has 2 aromatic rings. The van der Waals surface area contributed by atoms with Crippen molar-refractivity contribution in [1.82, 2.24) is 10.3 Å². The van der Waals surface area contributed by atoms with Gasteiger partial charge in [-0.2, -0.15) is 0 Å². The average molecular weight is 292 g/mol. The van der Waals surface area contributed by atoms with Crippen LogP contribution in [0.4, 0.5) is 0 Å². The number of methoxy groups -OCH3 is 1. The normalized spacial score (nSPS) is 11.0. The lowest BCUT2D eigenvalue weighted by Crippen LogP contribution is -2.21. The maximum Gasteiger partial charge on any atom is 0.255 e. The summed E-state index contributed by atoms with van der Waals surface area (Å²) < 4.78 is 10.6. The first-order valence-electron chi connectivity index (χ1n) is 6.60. The first-order chi connectivity index (χ1) is 9.69. The van der Waals surface area contributed by atoms with Crippen molar-refractivity contribution in [3.8, 4) is 5.75 Å². The standard InChI is InChI=1S/C15H20N2O2S/c1-11(2)17-9-12-4-5-14(18-3)13(8-12)10-20-15-16-6-7-19-15/h4-8,11,17H,9-10H2,1-3H3. The molecule has 0 aliphatic carbocycles. The number of hydrogen-bond acceptors (Lipinski definition) is 5.